The van der Waals surface area contributed by atoms with E-state index in [1.54, 1.807) is 24.3 Å². The van der Waals surface area contributed by atoms with Crippen LogP contribution in [0.5, 0.6) is 0 Å². The number of aryl methyl sites for hydroxylation is 1. The molecule has 0 radical (unpaired) electrons. The minimum atomic E-state index is -4.33. The summed E-state index contributed by atoms with van der Waals surface area (Å²) >= 11 is 0. The summed E-state index contributed by atoms with van der Waals surface area (Å²) in [4.78, 5) is 0. The second-order valence-electron chi connectivity index (χ2n) is 8.04. The normalized spacial score (nSPS) is 19.3. The van der Waals surface area contributed by atoms with Gasteiger partial charge in [0.1, 0.15) is 5.82 Å². The molecule has 0 N–H and O–H groups in total. The van der Waals surface area contributed by atoms with Crippen LogP contribution in [0.25, 0.3) is 10.8 Å². The van der Waals surface area contributed by atoms with Crippen LogP contribution >= 0.6 is 0 Å². The summed E-state index contributed by atoms with van der Waals surface area (Å²) in [7, 11) is 0. The van der Waals surface area contributed by atoms with Gasteiger partial charge in [0.05, 0.1) is 5.56 Å². The number of hydrogen-bond acceptors (Lipinski definition) is 0. The Morgan fingerprint density at radius 1 is 0.966 bits per heavy atom. The molecule has 0 amide bonds. The molecule has 0 aromatic heterocycles. The average molecular weight is 400 g/mol. The van der Waals surface area contributed by atoms with Gasteiger partial charge in [0.2, 0.25) is 0 Å². The Morgan fingerprint density at radius 2 is 1.69 bits per heavy atom. The topological polar surface area (TPSA) is 0 Å². The summed E-state index contributed by atoms with van der Waals surface area (Å²) in [6.07, 6.45) is 0.739. The predicted molar refractivity (Wildman–Crippen MR) is 109 cm³/mol. The number of unbranched alkanes of at least 4 members (excludes halogenated alkanes) is 1. The second kappa shape index (κ2) is 7.81. The van der Waals surface area contributed by atoms with Gasteiger partial charge in [-0.3, -0.25) is 0 Å². The van der Waals surface area contributed by atoms with Crippen LogP contribution in [0.4, 0.5) is 17.6 Å². The van der Waals surface area contributed by atoms with Gasteiger partial charge in [0.15, 0.2) is 0 Å². The molecule has 2 atom stereocenters. The molecule has 4 rings (SSSR count). The molecule has 0 nitrogen and oxygen atoms in total. The molecule has 0 fully saturated rings. The van der Waals surface area contributed by atoms with Gasteiger partial charge in [-0.15, -0.1) is 0 Å². The molecule has 4 heteroatoms. The second-order valence-corrected chi connectivity index (χ2v) is 8.04. The lowest BCUT2D eigenvalue weighted by atomic mass is 9.69. The van der Waals surface area contributed by atoms with Crippen molar-refractivity contribution in [2.45, 2.75) is 51.1 Å². The Bertz CT molecular complexity index is 1000. The number of hydrogen-bond donors (Lipinski definition) is 0. The molecule has 0 heterocycles. The van der Waals surface area contributed by atoms with Gasteiger partial charge in [-0.2, -0.15) is 13.2 Å². The lowest BCUT2D eigenvalue weighted by molar-refractivity contribution is -0.137. The van der Waals surface area contributed by atoms with Gasteiger partial charge in [0, 0.05) is 5.92 Å². The third-order valence-electron chi connectivity index (χ3n) is 6.23. The highest BCUT2D eigenvalue weighted by Gasteiger charge is 2.33. The minimum Gasteiger partial charge on any atom is -0.207 e. The molecule has 3 aromatic rings. The maximum absolute atomic E-state index is 13.9. The summed E-state index contributed by atoms with van der Waals surface area (Å²) in [6, 6.07) is 14.6. The smallest absolute Gasteiger partial charge is 0.207 e. The van der Waals surface area contributed by atoms with E-state index < -0.39 is 11.7 Å². The standard InChI is InChI=1S/C25H24F4/c1-2-3-4-17-9-13-21-22(14-8-16-7-12-20(26)15-23(16)21)24(17)18-5-10-19(11-6-18)25(27,28)29/h5-8,10-12,14-15,17,24H,2-4,9,13H2,1H3/t17-,24-/m1/s1. The van der Waals surface area contributed by atoms with E-state index in [0.29, 0.717) is 5.92 Å². The van der Waals surface area contributed by atoms with Crippen LogP contribution in [0.15, 0.2) is 54.6 Å². The third-order valence-corrected chi connectivity index (χ3v) is 6.23. The largest absolute Gasteiger partial charge is 0.416 e. The first-order valence-corrected chi connectivity index (χ1v) is 10.3. The monoisotopic (exact) mass is 400 g/mol. The van der Waals surface area contributed by atoms with Crippen LogP contribution in [0, 0.1) is 11.7 Å². The highest BCUT2D eigenvalue weighted by Crippen LogP contribution is 2.45. The zero-order valence-corrected chi connectivity index (χ0v) is 16.4. The SMILES string of the molecule is CCCC[C@@H]1CCc2c(ccc3ccc(F)cc23)[C@H]1c1ccc(C(F)(F)F)cc1. The van der Waals surface area contributed by atoms with Crippen molar-refractivity contribution in [1.29, 1.82) is 0 Å². The molecule has 0 saturated carbocycles. The van der Waals surface area contributed by atoms with Crippen molar-refractivity contribution >= 4 is 10.8 Å². The van der Waals surface area contributed by atoms with Gasteiger partial charge in [-0.1, -0.05) is 50.1 Å². The van der Waals surface area contributed by atoms with Gasteiger partial charge >= 0.3 is 6.18 Å². The quantitative estimate of drug-likeness (QED) is 0.391. The molecular formula is C25H24F4. The van der Waals surface area contributed by atoms with Gasteiger partial charge < -0.3 is 0 Å². The molecule has 0 saturated heterocycles. The van der Waals surface area contributed by atoms with Crippen LogP contribution in [0.1, 0.15) is 60.8 Å². The van der Waals surface area contributed by atoms with Crippen molar-refractivity contribution in [3.05, 3.63) is 82.7 Å². The summed E-state index contributed by atoms with van der Waals surface area (Å²) in [5.41, 5.74) is 2.56. The van der Waals surface area contributed by atoms with Crippen molar-refractivity contribution in [1.82, 2.24) is 0 Å². The Kier molecular flexibility index (Phi) is 5.37. The van der Waals surface area contributed by atoms with Crippen molar-refractivity contribution in [3.8, 4) is 0 Å². The Balaban J connectivity index is 1.82. The average Bonchev–Trinajstić information content (AvgIpc) is 2.71. The van der Waals surface area contributed by atoms with Crippen molar-refractivity contribution in [3.63, 3.8) is 0 Å². The van der Waals surface area contributed by atoms with Crippen LogP contribution in [-0.4, -0.2) is 0 Å². The maximum atomic E-state index is 13.9. The lowest BCUT2D eigenvalue weighted by Crippen LogP contribution is -2.22. The zero-order chi connectivity index (χ0) is 20.6. The van der Waals surface area contributed by atoms with E-state index in [1.807, 2.05) is 6.07 Å². The number of fused-ring (bicyclic) bond motifs is 3. The fourth-order valence-electron chi connectivity index (χ4n) is 4.80. The minimum absolute atomic E-state index is 0.0419. The first-order valence-electron chi connectivity index (χ1n) is 10.3. The van der Waals surface area contributed by atoms with E-state index in [0.717, 1.165) is 59.6 Å². The highest BCUT2D eigenvalue weighted by molar-refractivity contribution is 5.87. The molecule has 0 bridgehead atoms. The van der Waals surface area contributed by atoms with E-state index >= 15 is 0 Å². The van der Waals surface area contributed by atoms with E-state index in [4.69, 9.17) is 0 Å². The van der Waals surface area contributed by atoms with Crippen molar-refractivity contribution in [2.24, 2.45) is 5.92 Å². The van der Waals surface area contributed by atoms with Gasteiger partial charge in [-0.05, 0) is 76.9 Å². The zero-order valence-electron chi connectivity index (χ0n) is 16.4. The summed E-state index contributed by atoms with van der Waals surface area (Å²) in [6.45, 7) is 2.15. The fraction of sp³-hybridized carbons (Fsp3) is 0.360. The van der Waals surface area contributed by atoms with E-state index in [-0.39, 0.29) is 11.7 Å². The van der Waals surface area contributed by atoms with E-state index in [2.05, 4.69) is 13.0 Å². The Labute approximate surface area is 168 Å². The summed E-state index contributed by atoms with van der Waals surface area (Å²) in [5, 5.41) is 1.93. The Morgan fingerprint density at radius 3 is 2.38 bits per heavy atom. The summed E-state index contributed by atoms with van der Waals surface area (Å²) in [5.74, 6) is 0.163. The molecule has 0 aliphatic heterocycles. The van der Waals surface area contributed by atoms with E-state index in [9.17, 15) is 17.6 Å². The molecule has 0 unspecified atom stereocenters. The van der Waals surface area contributed by atoms with Crippen LogP contribution < -0.4 is 0 Å². The molecule has 152 valence electrons. The van der Waals surface area contributed by atoms with E-state index in [1.165, 1.54) is 18.2 Å². The van der Waals surface area contributed by atoms with Crippen molar-refractivity contribution < 1.29 is 17.6 Å². The summed E-state index contributed by atoms with van der Waals surface area (Å²) < 4.78 is 53.0. The fourth-order valence-corrected chi connectivity index (χ4v) is 4.80. The molecule has 1 aliphatic carbocycles. The lowest BCUT2D eigenvalue weighted by Gasteiger charge is -2.35. The number of rotatable bonds is 4. The molecule has 1 aliphatic rings. The molecular weight excluding hydrogens is 376 g/mol. The predicted octanol–water partition coefficient (Wildman–Crippen LogP) is 7.88. The van der Waals surface area contributed by atoms with Gasteiger partial charge in [0.25, 0.3) is 0 Å². The maximum Gasteiger partial charge on any atom is 0.416 e. The molecule has 3 aromatic carbocycles. The van der Waals surface area contributed by atoms with Crippen LogP contribution in [0.2, 0.25) is 0 Å². The number of benzene rings is 3. The Hall–Kier alpha value is -2.36. The van der Waals surface area contributed by atoms with Crippen LogP contribution in [-0.2, 0) is 12.6 Å². The first kappa shape index (κ1) is 19.9. The van der Waals surface area contributed by atoms with Crippen molar-refractivity contribution in [2.75, 3.05) is 0 Å². The molecule has 0 spiro atoms. The number of alkyl halides is 3. The van der Waals surface area contributed by atoms with Gasteiger partial charge in [-0.25, -0.2) is 4.39 Å². The van der Waals surface area contributed by atoms with Crippen LogP contribution in [0.3, 0.4) is 0 Å². The highest BCUT2D eigenvalue weighted by atomic mass is 19.4. The molecule has 29 heavy (non-hydrogen) atoms. The number of halogens is 4. The first-order chi connectivity index (χ1) is 13.9. The third kappa shape index (κ3) is 3.90.